The van der Waals surface area contributed by atoms with E-state index in [2.05, 4.69) is 10.1 Å². The van der Waals surface area contributed by atoms with Crippen LogP contribution in [-0.2, 0) is 44.1 Å². The highest BCUT2D eigenvalue weighted by molar-refractivity contribution is 7.54. The number of rotatable bonds is 9. The Bertz CT molecular complexity index is 909. The first kappa shape index (κ1) is 27.0. The molecule has 1 aliphatic rings. The average Bonchev–Trinajstić information content (AvgIpc) is 2.73. The van der Waals surface area contributed by atoms with Gasteiger partial charge in [-0.3, -0.25) is 23.5 Å². The second-order valence-electron chi connectivity index (χ2n) is 9.16. The number of carbonyl (C=O) groups excluding carboxylic acids is 3. The van der Waals surface area contributed by atoms with Gasteiger partial charge in [0, 0.05) is 12.0 Å². The summed E-state index contributed by atoms with van der Waals surface area (Å²) in [6.07, 6.45) is -1.26. The standard InChI is InChI=1S/C23H34NO8P/c1-15-9-16(2)11-18(10-15)12-30-22(27)17(3)13-33(28)31-14-23(4,5)20(32-33)21(26)24-8-7-19(25)29-6/h9-11,17,20H,7-8,12-14H2,1-6H3,(H,24,26)/t17-,20+,33?/m1/s1. The van der Waals surface area contributed by atoms with Crippen molar-refractivity contribution in [2.75, 3.05) is 26.4 Å². The molecule has 0 aliphatic carbocycles. The van der Waals surface area contributed by atoms with E-state index in [-0.39, 0.29) is 32.3 Å². The van der Waals surface area contributed by atoms with Crippen LogP contribution in [0, 0.1) is 25.2 Å². The van der Waals surface area contributed by atoms with Crippen LogP contribution in [0.25, 0.3) is 0 Å². The van der Waals surface area contributed by atoms with Gasteiger partial charge in [-0.1, -0.05) is 50.1 Å². The lowest BCUT2D eigenvalue weighted by molar-refractivity contribution is -0.148. The molecule has 1 aromatic rings. The lowest BCUT2D eigenvalue weighted by Crippen LogP contribution is -2.50. The molecule has 1 heterocycles. The number of carbonyl (C=O) groups is 3. The third-order valence-corrected chi connectivity index (χ3v) is 7.32. The van der Waals surface area contributed by atoms with E-state index in [1.165, 1.54) is 7.11 Å². The molecule has 0 spiro atoms. The Morgan fingerprint density at radius 3 is 2.45 bits per heavy atom. The molecule has 1 fully saturated rings. The van der Waals surface area contributed by atoms with E-state index >= 15 is 0 Å². The van der Waals surface area contributed by atoms with Gasteiger partial charge in [0.1, 0.15) is 6.61 Å². The summed E-state index contributed by atoms with van der Waals surface area (Å²) < 4.78 is 34.3. The summed E-state index contributed by atoms with van der Waals surface area (Å²) in [7, 11) is -2.47. The third-order valence-electron chi connectivity index (χ3n) is 5.27. The molecule has 10 heteroatoms. The van der Waals surface area contributed by atoms with Crippen molar-refractivity contribution in [2.24, 2.45) is 11.3 Å². The van der Waals surface area contributed by atoms with Gasteiger partial charge in [0.2, 0.25) is 5.91 Å². The van der Waals surface area contributed by atoms with Crippen LogP contribution < -0.4 is 5.32 Å². The van der Waals surface area contributed by atoms with Gasteiger partial charge in [0.15, 0.2) is 6.10 Å². The minimum atomic E-state index is -3.73. The number of amides is 1. The van der Waals surface area contributed by atoms with Crippen LogP contribution in [0.2, 0.25) is 0 Å². The van der Waals surface area contributed by atoms with Gasteiger partial charge in [-0.05, 0) is 19.4 Å². The van der Waals surface area contributed by atoms with Crippen LogP contribution in [-0.4, -0.2) is 50.4 Å². The molecule has 1 aromatic carbocycles. The molecule has 0 aromatic heterocycles. The van der Waals surface area contributed by atoms with E-state index in [9.17, 15) is 18.9 Å². The van der Waals surface area contributed by atoms with Crippen molar-refractivity contribution < 1.29 is 37.5 Å². The first-order valence-electron chi connectivity index (χ1n) is 10.9. The second kappa shape index (κ2) is 11.3. The normalized spacial score (nSPS) is 22.8. The predicted octanol–water partition coefficient (Wildman–Crippen LogP) is 3.30. The van der Waals surface area contributed by atoms with E-state index in [0.29, 0.717) is 0 Å². The van der Waals surface area contributed by atoms with Gasteiger partial charge in [-0.2, -0.15) is 0 Å². The van der Waals surface area contributed by atoms with Crippen molar-refractivity contribution in [3.05, 3.63) is 34.9 Å². The zero-order valence-electron chi connectivity index (χ0n) is 20.1. The van der Waals surface area contributed by atoms with Gasteiger partial charge in [0.05, 0.1) is 32.2 Å². The highest BCUT2D eigenvalue weighted by Gasteiger charge is 2.48. The summed E-state index contributed by atoms with van der Waals surface area (Å²) in [5, 5.41) is 2.60. The first-order chi connectivity index (χ1) is 15.3. The van der Waals surface area contributed by atoms with Crippen molar-refractivity contribution in [1.82, 2.24) is 5.32 Å². The molecule has 1 unspecified atom stereocenters. The Balaban J connectivity index is 1.96. The number of hydrogen-bond acceptors (Lipinski definition) is 8. The fraction of sp³-hybridized carbons (Fsp3) is 0.609. The largest absolute Gasteiger partial charge is 0.469 e. The van der Waals surface area contributed by atoms with E-state index in [1.54, 1.807) is 20.8 Å². The van der Waals surface area contributed by atoms with Gasteiger partial charge >= 0.3 is 19.5 Å². The third kappa shape index (κ3) is 7.95. The molecule has 184 valence electrons. The molecule has 0 saturated carbocycles. The van der Waals surface area contributed by atoms with Crippen LogP contribution in [0.3, 0.4) is 0 Å². The van der Waals surface area contributed by atoms with Crippen molar-refractivity contribution >= 4 is 25.4 Å². The summed E-state index contributed by atoms with van der Waals surface area (Å²) in [6, 6.07) is 5.90. The van der Waals surface area contributed by atoms with Crippen molar-refractivity contribution in [3.8, 4) is 0 Å². The molecule has 1 amide bonds. The maximum Gasteiger partial charge on any atom is 0.332 e. The van der Waals surface area contributed by atoms with Gasteiger partial charge in [-0.25, -0.2) is 0 Å². The highest BCUT2D eigenvalue weighted by atomic mass is 31.2. The number of esters is 2. The Kier molecular flexibility index (Phi) is 9.23. The Morgan fingerprint density at radius 2 is 1.85 bits per heavy atom. The maximum absolute atomic E-state index is 13.2. The van der Waals surface area contributed by atoms with Crippen LogP contribution in [0.4, 0.5) is 0 Å². The van der Waals surface area contributed by atoms with Crippen molar-refractivity contribution in [3.63, 3.8) is 0 Å². The summed E-state index contributed by atoms with van der Waals surface area (Å²) in [4.78, 5) is 36.4. The zero-order chi connectivity index (χ0) is 24.8. The van der Waals surface area contributed by atoms with Crippen molar-refractivity contribution in [1.29, 1.82) is 0 Å². The number of benzene rings is 1. The SMILES string of the molecule is COC(=O)CCNC(=O)[C@@H]1OP(=O)(C[C@@H](C)C(=O)OCc2cc(C)cc(C)c2)OCC1(C)C. The number of nitrogens with one attached hydrogen (secondary N) is 1. The molecule has 1 saturated heterocycles. The molecule has 3 atom stereocenters. The number of ether oxygens (including phenoxy) is 2. The van der Waals surface area contributed by atoms with E-state index in [0.717, 1.165) is 16.7 Å². The Hall–Kier alpha value is -2.22. The minimum Gasteiger partial charge on any atom is -0.469 e. The maximum atomic E-state index is 13.2. The summed E-state index contributed by atoms with van der Waals surface area (Å²) in [5.41, 5.74) is 2.26. The number of aryl methyl sites for hydroxylation is 2. The summed E-state index contributed by atoms with van der Waals surface area (Å²) >= 11 is 0. The summed E-state index contributed by atoms with van der Waals surface area (Å²) in [5.74, 6) is -2.25. The van der Waals surface area contributed by atoms with Gasteiger partial charge < -0.3 is 19.3 Å². The lowest BCUT2D eigenvalue weighted by Gasteiger charge is -2.40. The van der Waals surface area contributed by atoms with Crippen LogP contribution in [0.5, 0.6) is 0 Å². The number of methoxy groups -OCH3 is 1. The predicted molar refractivity (Wildman–Crippen MR) is 122 cm³/mol. The van der Waals surface area contributed by atoms with Crippen LogP contribution in [0.1, 0.15) is 43.9 Å². The zero-order valence-corrected chi connectivity index (χ0v) is 21.0. The Morgan fingerprint density at radius 1 is 1.21 bits per heavy atom. The van der Waals surface area contributed by atoms with Crippen LogP contribution >= 0.6 is 7.60 Å². The second-order valence-corrected chi connectivity index (χ2v) is 11.2. The van der Waals surface area contributed by atoms with Crippen molar-refractivity contribution in [2.45, 2.75) is 53.8 Å². The quantitative estimate of drug-likeness (QED) is 0.420. The van der Waals surface area contributed by atoms with E-state index < -0.39 is 42.9 Å². The van der Waals surface area contributed by atoms with Gasteiger partial charge in [0.25, 0.3) is 0 Å². The highest BCUT2D eigenvalue weighted by Crippen LogP contribution is 2.57. The Labute approximate surface area is 195 Å². The molecule has 1 N–H and O–H groups in total. The summed E-state index contributed by atoms with van der Waals surface area (Å²) in [6.45, 7) is 9.21. The van der Waals surface area contributed by atoms with E-state index in [1.807, 2.05) is 32.0 Å². The topological polar surface area (TPSA) is 117 Å². The molecule has 0 bridgehead atoms. The average molecular weight is 483 g/mol. The molecule has 9 nitrogen and oxygen atoms in total. The first-order valence-corrected chi connectivity index (χ1v) is 12.6. The fourth-order valence-corrected chi connectivity index (χ4v) is 5.82. The molecule has 2 rings (SSSR count). The lowest BCUT2D eigenvalue weighted by atomic mass is 9.87. The fourth-order valence-electron chi connectivity index (χ4n) is 3.51. The number of hydrogen-bond donors (Lipinski definition) is 1. The monoisotopic (exact) mass is 483 g/mol. The minimum absolute atomic E-state index is 0.00683. The van der Waals surface area contributed by atoms with Gasteiger partial charge in [-0.15, -0.1) is 0 Å². The molecule has 33 heavy (non-hydrogen) atoms. The van der Waals surface area contributed by atoms with Crippen LogP contribution in [0.15, 0.2) is 18.2 Å². The van der Waals surface area contributed by atoms with E-state index in [4.69, 9.17) is 13.8 Å². The molecule has 0 radical (unpaired) electrons. The molecular weight excluding hydrogens is 449 g/mol. The smallest absolute Gasteiger partial charge is 0.332 e. The molecule has 1 aliphatic heterocycles. The molecular formula is C23H34NO8P.